The highest BCUT2D eigenvalue weighted by atomic mass is 15.1. The van der Waals surface area contributed by atoms with Crippen molar-refractivity contribution in [3.05, 3.63) is 127 Å². The Labute approximate surface area is 190 Å². The summed E-state index contributed by atoms with van der Waals surface area (Å²) in [5.74, 6) is 0. The van der Waals surface area contributed by atoms with Crippen LogP contribution in [-0.4, -0.2) is 0 Å². The topological polar surface area (TPSA) is 15.3 Å². The first-order valence-corrected chi connectivity index (χ1v) is 11.4. The Morgan fingerprint density at radius 3 is 2.09 bits per heavy atom. The molecule has 0 heterocycles. The fourth-order valence-electron chi connectivity index (χ4n) is 4.33. The Kier molecular flexibility index (Phi) is 6.02. The second kappa shape index (κ2) is 9.57. The van der Waals surface area contributed by atoms with Gasteiger partial charge in [0.05, 0.1) is 0 Å². The van der Waals surface area contributed by atoms with Gasteiger partial charge in [0.15, 0.2) is 0 Å². The van der Waals surface area contributed by atoms with Gasteiger partial charge in [-0.3, -0.25) is 0 Å². The Morgan fingerprint density at radius 1 is 0.625 bits per heavy atom. The third kappa shape index (κ3) is 4.60. The summed E-state index contributed by atoms with van der Waals surface area (Å²) in [4.78, 5) is 2.36. The van der Waals surface area contributed by atoms with Gasteiger partial charge in [-0.25, -0.2) is 0 Å². The SMILES string of the molecule is C1=CCCC(c2cccc(Nc3ccc(N(C4=CC=CCC4)c4ccccc4)cc3)c2)=C1. The Bertz CT molecular complexity index is 1180. The van der Waals surface area contributed by atoms with Crippen LogP contribution in [0.15, 0.2) is 121 Å². The number of anilines is 4. The standard InChI is InChI=1S/C30H28N2/c1-4-11-24(12-5-1)25-13-10-14-27(23-25)31-26-19-21-30(22-20-26)32(28-15-6-2-7-16-28)29-17-8-3-9-18-29/h1-4,6-8,10-11,13-17,19-23,31H,5,9,12,18H2. The molecule has 2 aliphatic carbocycles. The number of hydrogen-bond acceptors (Lipinski definition) is 2. The van der Waals surface area contributed by atoms with E-state index in [4.69, 9.17) is 0 Å². The normalized spacial score (nSPS) is 15.1. The number of rotatable bonds is 6. The van der Waals surface area contributed by atoms with Crippen LogP contribution in [0.3, 0.4) is 0 Å². The number of para-hydroxylation sites is 1. The lowest BCUT2D eigenvalue weighted by Gasteiger charge is -2.29. The van der Waals surface area contributed by atoms with E-state index >= 15 is 0 Å². The minimum absolute atomic E-state index is 1.04. The lowest BCUT2D eigenvalue weighted by atomic mass is 9.97. The monoisotopic (exact) mass is 416 g/mol. The zero-order valence-electron chi connectivity index (χ0n) is 18.2. The van der Waals surface area contributed by atoms with E-state index in [-0.39, 0.29) is 0 Å². The van der Waals surface area contributed by atoms with Gasteiger partial charge in [0.1, 0.15) is 0 Å². The first-order chi connectivity index (χ1) is 15.9. The summed E-state index contributed by atoms with van der Waals surface area (Å²) in [6.07, 6.45) is 17.6. The molecule has 0 saturated carbocycles. The van der Waals surface area contributed by atoms with Crippen molar-refractivity contribution in [2.24, 2.45) is 0 Å². The molecule has 0 atom stereocenters. The molecule has 0 bridgehead atoms. The first kappa shape index (κ1) is 20.1. The number of hydrogen-bond donors (Lipinski definition) is 1. The molecule has 2 nitrogen and oxygen atoms in total. The van der Waals surface area contributed by atoms with Crippen LogP contribution in [0.4, 0.5) is 22.7 Å². The molecule has 5 rings (SSSR count). The van der Waals surface area contributed by atoms with Crippen molar-refractivity contribution in [1.29, 1.82) is 0 Å². The zero-order valence-corrected chi connectivity index (χ0v) is 18.2. The number of benzene rings is 3. The van der Waals surface area contributed by atoms with E-state index in [0.29, 0.717) is 0 Å². The van der Waals surface area contributed by atoms with E-state index in [1.165, 1.54) is 28.2 Å². The van der Waals surface area contributed by atoms with Gasteiger partial charge in [0.2, 0.25) is 0 Å². The maximum absolute atomic E-state index is 3.58. The molecular formula is C30H28N2. The van der Waals surface area contributed by atoms with Gasteiger partial charge >= 0.3 is 0 Å². The summed E-state index contributed by atoms with van der Waals surface area (Å²) in [6.45, 7) is 0. The zero-order chi connectivity index (χ0) is 21.6. The van der Waals surface area contributed by atoms with Gasteiger partial charge in [-0.15, -0.1) is 0 Å². The summed E-state index contributed by atoms with van der Waals surface area (Å²) in [5.41, 5.74) is 8.60. The average molecular weight is 417 g/mol. The molecule has 0 spiro atoms. The molecule has 0 fully saturated rings. The number of nitrogens with zero attached hydrogens (tertiary/aromatic N) is 1. The van der Waals surface area contributed by atoms with E-state index in [2.05, 4.69) is 126 Å². The lowest BCUT2D eigenvalue weighted by Crippen LogP contribution is -2.17. The second-order valence-corrected chi connectivity index (χ2v) is 8.21. The minimum Gasteiger partial charge on any atom is -0.356 e. The molecule has 0 aliphatic heterocycles. The first-order valence-electron chi connectivity index (χ1n) is 11.4. The summed E-state index contributed by atoms with van der Waals surface area (Å²) in [5, 5.41) is 3.58. The maximum Gasteiger partial charge on any atom is 0.0459 e. The molecule has 2 heteroatoms. The van der Waals surface area contributed by atoms with Crippen LogP contribution >= 0.6 is 0 Å². The summed E-state index contributed by atoms with van der Waals surface area (Å²) >= 11 is 0. The largest absolute Gasteiger partial charge is 0.356 e. The van der Waals surface area contributed by atoms with Gasteiger partial charge in [0, 0.05) is 28.4 Å². The summed E-state index contributed by atoms with van der Waals surface area (Å²) < 4.78 is 0. The van der Waals surface area contributed by atoms with Crippen LogP contribution in [0.25, 0.3) is 5.57 Å². The minimum atomic E-state index is 1.04. The van der Waals surface area contributed by atoms with Crippen LogP contribution in [0, 0.1) is 0 Å². The average Bonchev–Trinajstić information content (AvgIpc) is 2.87. The molecule has 1 N–H and O–H groups in total. The van der Waals surface area contributed by atoms with Crippen molar-refractivity contribution < 1.29 is 0 Å². The molecule has 3 aromatic rings. The molecule has 158 valence electrons. The fraction of sp³-hybridized carbons (Fsp3) is 0.133. The Morgan fingerprint density at radius 2 is 1.38 bits per heavy atom. The quantitative estimate of drug-likeness (QED) is 0.433. The molecule has 0 saturated heterocycles. The van der Waals surface area contributed by atoms with Gasteiger partial charge in [-0.1, -0.05) is 60.7 Å². The molecule has 0 amide bonds. The Hall–Kier alpha value is -3.78. The van der Waals surface area contributed by atoms with Gasteiger partial charge < -0.3 is 10.2 Å². The highest BCUT2D eigenvalue weighted by Gasteiger charge is 2.15. The van der Waals surface area contributed by atoms with Gasteiger partial charge in [-0.2, -0.15) is 0 Å². The van der Waals surface area contributed by atoms with Crippen molar-refractivity contribution in [3.8, 4) is 0 Å². The van der Waals surface area contributed by atoms with Crippen molar-refractivity contribution in [2.45, 2.75) is 25.7 Å². The third-order valence-electron chi connectivity index (χ3n) is 5.95. The summed E-state index contributed by atoms with van der Waals surface area (Å²) in [6, 6.07) is 28.0. The van der Waals surface area contributed by atoms with E-state index in [0.717, 1.165) is 37.1 Å². The molecule has 3 aromatic carbocycles. The van der Waals surface area contributed by atoms with Crippen molar-refractivity contribution in [2.75, 3.05) is 10.2 Å². The molecule has 2 aliphatic rings. The molecule has 0 unspecified atom stereocenters. The van der Waals surface area contributed by atoms with Crippen LogP contribution < -0.4 is 10.2 Å². The Balaban J connectivity index is 1.38. The number of nitrogens with one attached hydrogen (secondary N) is 1. The van der Waals surface area contributed by atoms with Crippen LogP contribution in [0.2, 0.25) is 0 Å². The number of allylic oxidation sites excluding steroid dienone is 8. The van der Waals surface area contributed by atoms with E-state index in [1.54, 1.807) is 0 Å². The third-order valence-corrected chi connectivity index (χ3v) is 5.95. The van der Waals surface area contributed by atoms with Crippen LogP contribution in [-0.2, 0) is 0 Å². The van der Waals surface area contributed by atoms with E-state index < -0.39 is 0 Å². The van der Waals surface area contributed by atoms with E-state index in [1.807, 2.05) is 0 Å². The van der Waals surface area contributed by atoms with Crippen molar-refractivity contribution in [3.63, 3.8) is 0 Å². The van der Waals surface area contributed by atoms with Gasteiger partial charge in [0.25, 0.3) is 0 Å². The highest BCUT2D eigenvalue weighted by molar-refractivity contribution is 5.74. The van der Waals surface area contributed by atoms with Crippen LogP contribution in [0.5, 0.6) is 0 Å². The van der Waals surface area contributed by atoms with Gasteiger partial charge in [-0.05, 0) is 91.4 Å². The van der Waals surface area contributed by atoms with Crippen molar-refractivity contribution in [1.82, 2.24) is 0 Å². The molecule has 32 heavy (non-hydrogen) atoms. The fourth-order valence-corrected chi connectivity index (χ4v) is 4.33. The predicted molar refractivity (Wildman–Crippen MR) is 138 cm³/mol. The summed E-state index contributed by atoms with van der Waals surface area (Å²) in [7, 11) is 0. The van der Waals surface area contributed by atoms with Crippen LogP contribution in [0.1, 0.15) is 31.2 Å². The highest BCUT2D eigenvalue weighted by Crippen LogP contribution is 2.34. The maximum atomic E-state index is 3.58. The predicted octanol–water partition coefficient (Wildman–Crippen LogP) is 8.54. The lowest BCUT2D eigenvalue weighted by molar-refractivity contribution is 0.918. The van der Waals surface area contributed by atoms with E-state index in [9.17, 15) is 0 Å². The van der Waals surface area contributed by atoms with Crippen molar-refractivity contribution >= 4 is 28.3 Å². The molecular weight excluding hydrogens is 388 g/mol. The molecule has 0 radical (unpaired) electrons. The smallest absolute Gasteiger partial charge is 0.0459 e. The second-order valence-electron chi connectivity index (χ2n) is 8.21. The molecule has 0 aromatic heterocycles.